The Morgan fingerprint density at radius 2 is 1.93 bits per heavy atom. The molecule has 1 fully saturated rings. The third-order valence-electron chi connectivity index (χ3n) is 5.34. The van der Waals surface area contributed by atoms with E-state index in [1.807, 2.05) is 44.2 Å². The summed E-state index contributed by atoms with van der Waals surface area (Å²) in [6, 6.07) is 11.8. The highest BCUT2D eigenvalue weighted by Gasteiger charge is 2.16. The number of nitrogens with zero attached hydrogens (tertiary/aromatic N) is 1. The van der Waals surface area contributed by atoms with Crippen molar-refractivity contribution in [1.29, 1.82) is 0 Å². The minimum atomic E-state index is -0.174. The molecule has 0 aliphatic carbocycles. The van der Waals surface area contributed by atoms with E-state index in [0.29, 0.717) is 18.1 Å². The van der Waals surface area contributed by atoms with Gasteiger partial charge in [0.05, 0.1) is 12.6 Å². The number of carbonyl (C=O) groups excluding carboxylic acids is 1. The average Bonchev–Trinajstić information content (AvgIpc) is 3.19. The first-order valence-electron chi connectivity index (χ1n) is 9.82. The van der Waals surface area contributed by atoms with Crippen LogP contribution in [0.4, 0.5) is 5.69 Å². The van der Waals surface area contributed by atoms with Gasteiger partial charge in [0.15, 0.2) is 0 Å². The van der Waals surface area contributed by atoms with Crippen molar-refractivity contribution in [3.8, 4) is 0 Å². The lowest BCUT2D eigenvalue weighted by molar-refractivity contribution is 0.0975. The van der Waals surface area contributed by atoms with Gasteiger partial charge in [-0.2, -0.15) is 0 Å². The number of hydrogen-bond acceptors (Lipinski definition) is 3. The summed E-state index contributed by atoms with van der Waals surface area (Å²) in [7, 11) is 0. The molecule has 148 valence electrons. The molecule has 1 aliphatic heterocycles. The van der Waals surface area contributed by atoms with Gasteiger partial charge >= 0.3 is 0 Å². The first-order chi connectivity index (χ1) is 13.4. The normalized spacial score (nSPS) is 16.9. The van der Waals surface area contributed by atoms with Crippen LogP contribution < -0.4 is 10.6 Å². The molecule has 2 aromatic rings. The fraction of sp³-hybridized carbons (Fsp3) is 0.391. The van der Waals surface area contributed by atoms with E-state index in [2.05, 4.69) is 35.5 Å². The number of hydrogen-bond donors (Lipinski definition) is 2. The van der Waals surface area contributed by atoms with Crippen molar-refractivity contribution >= 4 is 17.6 Å². The molecule has 1 heterocycles. The molecular formula is C23H29N3O2. The Labute approximate surface area is 167 Å². The van der Waals surface area contributed by atoms with E-state index in [4.69, 9.17) is 4.74 Å². The van der Waals surface area contributed by atoms with E-state index in [-0.39, 0.29) is 12.0 Å². The third kappa shape index (κ3) is 4.98. The molecule has 3 rings (SSSR count). The van der Waals surface area contributed by atoms with Crippen LogP contribution in [0.2, 0.25) is 0 Å². The van der Waals surface area contributed by atoms with E-state index < -0.39 is 0 Å². The highest BCUT2D eigenvalue weighted by Crippen LogP contribution is 2.18. The number of ether oxygens (including phenoxy) is 1. The predicted molar refractivity (Wildman–Crippen MR) is 114 cm³/mol. The molecule has 0 spiro atoms. The number of anilines is 1. The molecule has 2 N–H and O–H groups in total. The highest BCUT2D eigenvalue weighted by atomic mass is 16.5. The average molecular weight is 380 g/mol. The summed E-state index contributed by atoms with van der Waals surface area (Å²) < 4.78 is 5.67. The van der Waals surface area contributed by atoms with Crippen LogP contribution in [-0.2, 0) is 4.74 Å². The first kappa shape index (κ1) is 20.1. The Kier molecular flexibility index (Phi) is 6.47. The maximum atomic E-state index is 12.8. The van der Waals surface area contributed by atoms with Crippen LogP contribution in [0.1, 0.15) is 45.5 Å². The number of amides is 1. The number of benzene rings is 2. The summed E-state index contributed by atoms with van der Waals surface area (Å²) in [5.41, 5.74) is 6.13. The molecule has 0 bridgehead atoms. The Bertz CT molecular complexity index is 883. The molecule has 0 saturated carbocycles. The van der Waals surface area contributed by atoms with Crippen LogP contribution in [0.25, 0.3) is 0 Å². The summed E-state index contributed by atoms with van der Waals surface area (Å²) in [5.74, 6) is 0.277. The van der Waals surface area contributed by atoms with Crippen molar-refractivity contribution in [1.82, 2.24) is 5.32 Å². The lowest BCUT2D eigenvalue weighted by atomic mass is 10.1. The predicted octanol–water partition coefficient (Wildman–Crippen LogP) is 4.30. The lowest BCUT2D eigenvalue weighted by Gasteiger charge is -2.16. The smallest absolute Gasteiger partial charge is 0.257 e. The SMILES string of the molecule is Cc1ccc(C(=O)NC(=NC[C@@H]2CCCO2)Nc2cccc(C)c2C)cc1C. The van der Waals surface area contributed by atoms with Crippen molar-refractivity contribution in [2.24, 2.45) is 4.99 Å². The molecule has 0 aromatic heterocycles. The van der Waals surface area contributed by atoms with Crippen LogP contribution in [0.3, 0.4) is 0 Å². The molecular weight excluding hydrogens is 350 g/mol. The van der Waals surface area contributed by atoms with E-state index >= 15 is 0 Å². The number of rotatable bonds is 4. The van der Waals surface area contributed by atoms with Crippen molar-refractivity contribution in [2.45, 2.75) is 46.6 Å². The van der Waals surface area contributed by atoms with Gasteiger partial charge in [-0.3, -0.25) is 10.1 Å². The molecule has 0 radical (unpaired) electrons. The van der Waals surface area contributed by atoms with Gasteiger partial charge in [0.2, 0.25) is 5.96 Å². The summed E-state index contributed by atoms with van der Waals surface area (Å²) in [4.78, 5) is 17.4. The zero-order chi connectivity index (χ0) is 20.1. The van der Waals surface area contributed by atoms with Gasteiger partial charge in [0, 0.05) is 17.9 Å². The molecule has 5 nitrogen and oxygen atoms in total. The number of carbonyl (C=O) groups is 1. The van der Waals surface area contributed by atoms with Gasteiger partial charge < -0.3 is 10.1 Å². The standard InChI is InChI=1S/C23H29N3O2/c1-15-10-11-19(13-17(15)3)22(27)26-23(24-14-20-8-6-12-28-20)25-21-9-5-7-16(2)18(21)4/h5,7,9-11,13,20H,6,8,12,14H2,1-4H3,(H2,24,25,26,27)/t20-/m0/s1. The minimum Gasteiger partial charge on any atom is -0.376 e. The molecule has 1 amide bonds. The molecule has 28 heavy (non-hydrogen) atoms. The summed E-state index contributed by atoms with van der Waals surface area (Å²) in [6.45, 7) is 9.48. The lowest BCUT2D eigenvalue weighted by Crippen LogP contribution is -2.37. The molecule has 5 heteroatoms. The van der Waals surface area contributed by atoms with Crippen molar-refractivity contribution in [2.75, 3.05) is 18.5 Å². The van der Waals surface area contributed by atoms with E-state index in [9.17, 15) is 4.79 Å². The second kappa shape index (κ2) is 9.02. The number of nitrogens with one attached hydrogen (secondary N) is 2. The Morgan fingerprint density at radius 1 is 1.11 bits per heavy atom. The largest absolute Gasteiger partial charge is 0.376 e. The van der Waals surface area contributed by atoms with Gasteiger partial charge in [-0.25, -0.2) is 4.99 Å². The van der Waals surface area contributed by atoms with Crippen LogP contribution in [0.15, 0.2) is 41.4 Å². The Morgan fingerprint density at radius 3 is 2.64 bits per heavy atom. The molecule has 1 aliphatic rings. The first-order valence-corrected chi connectivity index (χ1v) is 9.82. The monoisotopic (exact) mass is 379 g/mol. The zero-order valence-corrected chi connectivity index (χ0v) is 17.1. The van der Waals surface area contributed by atoms with Gasteiger partial charge in [-0.1, -0.05) is 18.2 Å². The topological polar surface area (TPSA) is 62.7 Å². The van der Waals surface area contributed by atoms with Crippen molar-refractivity contribution < 1.29 is 9.53 Å². The van der Waals surface area contributed by atoms with Crippen LogP contribution >= 0.6 is 0 Å². The van der Waals surface area contributed by atoms with Crippen LogP contribution in [-0.4, -0.2) is 31.1 Å². The molecule has 1 atom stereocenters. The van der Waals surface area contributed by atoms with Gasteiger partial charge in [0.25, 0.3) is 5.91 Å². The van der Waals surface area contributed by atoms with Crippen molar-refractivity contribution in [3.05, 3.63) is 64.2 Å². The number of guanidine groups is 1. The van der Waals surface area contributed by atoms with E-state index in [1.165, 1.54) is 5.56 Å². The maximum absolute atomic E-state index is 12.8. The minimum absolute atomic E-state index is 0.119. The van der Waals surface area contributed by atoms with Gasteiger partial charge in [0.1, 0.15) is 0 Å². The number of aryl methyl sites for hydroxylation is 3. The van der Waals surface area contributed by atoms with E-state index in [1.54, 1.807) is 0 Å². The maximum Gasteiger partial charge on any atom is 0.257 e. The highest BCUT2D eigenvalue weighted by molar-refractivity contribution is 6.10. The third-order valence-corrected chi connectivity index (χ3v) is 5.34. The molecule has 1 saturated heterocycles. The summed E-state index contributed by atoms with van der Waals surface area (Å²) in [5, 5.41) is 6.24. The number of aliphatic imine (C=N–C) groups is 1. The quantitative estimate of drug-likeness (QED) is 0.615. The van der Waals surface area contributed by atoms with Gasteiger partial charge in [-0.05, 0) is 81.0 Å². The molecule has 2 aromatic carbocycles. The zero-order valence-electron chi connectivity index (χ0n) is 17.1. The second-order valence-corrected chi connectivity index (χ2v) is 7.45. The summed E-state index contributed by atoms with van der Waals surface area (Å²) >= 11 is 0. The Hall–Kier alpha value is -2.66. The van der Waals surface area contributed by atoms with Gasteiger partial charge in [-0.15, -0.1) is 0 Å². The Balaban J connectivity index is 1.80. The summed E-state index contributed by atoms with van der Waals surface area (Å²) in [6.07, 6.45) is 2.19. The second-order valence-electron chi connectivity index (χ2n) is 7.45. The van der Waals surface area contributed by atoms with Crippen molar-refractivity contribution in [3.63, 3.8) is 0 Å². The fourth-order valence-electron chi connectivity index (χ4n) is 3.17. The van der Waals surface area contributed by atoms with E-state index in [0.717, 1.165) is 41.8 Å². The fourth-order valence-corrected chi connectivity index (χ4v) is 3.17. The van der Waals surface area contributed by atoms with Crippen LogP contribution in [0.5, 0.6) is 0 Å². The van der Waals surface area contributed by atoms with Crippen LogP contribution in [0, 0.1) is 27.7 Å². The molecule has 0 unspecified atom stereocenters.